The first-order valence-corrected chi connectivity index (χ1v) is 9.82. The van der Waals surface area contributed by atoms with Gasteiger partial charge >= 0.3 is 0 Å². The highest BCUT2D eigenvalue weighted by molar-refractivity contribution is 7.99. The van der Waals surface area contributed by atoms with E-state index in [1.54, 1.807) is 24.5 Å². The summed E-state index contributed by atoms with van der Waals surface area (Å²) in [6.07, 6.45) is 3.32. The monoisotopic (exact) mass is 390 g/mol. The Morgan fingerprint density at radius 3 is 2.68 bits per heavy atom. The lowest BCUT2D eigenvalue weighted by atomic mass is 10.0. The van der Waals surface area contributed by atoms with E-state index in [9.17, 15) is 4.79 Å². The molecular weight excluding hydrogens is 372 g/mol. The van der Waals surface area contributed by atoms with Gasteiger partial charge in [-0.05, 0) is 41.5 Å². The fourth-order valence-corrected chi connectivity index (χ4v) is 3.42. The predicted octanol–water partition coefficient (Wildman–Crippen LogP) is 4.25. The molecule has 6 nitrogen and oxygen atoms in total. The molecule has 2 heterocycles. The maximum absolute atomic E-state index is 12.3. The van der Waals surface area contributed by atoms with E-state index in [1.165, 1.54) is 17.1 Å². The van der Waals surface area contributed by atoms with Gasteiger partial charge in [-0.1, -0.05) is 48.2 Å². The third kappa shape index (κ3) is 4.20. The minimum Gasteiger partial charge on any atom is -0.411 e. The molecule has 28 heavy (non-hydrogen) atoms. The number of nitrogens with one attached hydrogen (secondary N) is 1. The predicted molar refractivity (Wildman–Crippen MR) is 109 cm³/mol. The zero-order chi connectivity index (χ0) is 19.3. The van der Waals surface area contributed by atoms with Crippen molar-refractivity contribution in [2.75, 3.05) is 5.75 Å². The summed E-state index contributed by atoms with van der Waals surface area (Å²) in [7, 11) is 0. The quantitative estimate of drug-likeness (QED) is 0.496. The molecule has 0 saturated carbocycles. The number of fused-ring (bicyclic) bond motifs is 1. The van der Waals surface area contributed by atoms with Gasteiger partial charge in [0.2, 0.25) is 11.8 Å². The van der Waals surface area contributed by atoms with Gasteiger partial charge in [0.25, 0.3) is 5.22 Å². The molecule has 0 spiro atoms. The van der Waals surface area contributed by atoms with Crippen LogP contribution in [-0.4, -0.2) is 26.8 Å². The summed E-state index contributed by atoms with van der Waals surface area (Å²) in [6, 6.07) is 17.9. The Hall–Kier alpha value is -3.19. The van der Waals surface area contributed by atoms with Crippen molar-refractivity contribution in [1.82, 2.24) is 20.5 Å². The maximum atomic E-state index is 12.3. The van der Waals surface area contributed by atoms with Gasteiger partial charge in [0.15, 0.2) is 0 Å². The summed E-state index contributed by atoms with van der Waals surface area (Å²) in [5, 5.41) is 13.7. The van der Waals surface area contributed by atoms with E-state index in [4.69, 9.17) is 4.42 Å². The first-order valence-electron chi connectivity index (χ1n) is 8.84. The van der Waals surface area contributed by atoms with Crippen molar-refractivity contribution < 1.29 is 9.21 Å². The zero-order valence-corrected chi connectivity index (χ0v) is 16.0. The molecule has 0 aliphatic carbocycles. The van der Waals surface area contributed by atoms with E-state index in [2.05, 4.69) is 44.8 Å². The number of rotatable bonds is 6. The largest absolute Gasteiger partial charge is 0.411 e. The molecular formula is C21H18N4O2S. The lowest BCUT2D eigenvalue weighted by Crippen LogP contribution is -2.28. The van der Waals surface area contributed by atoms with Crippen molar-refractivity contribution in [2.45, 2.75) is 18.2 Å². The molecule has 1 atom stereocenters. The van der Waals surface area contributed by atoms with Crippen molar-refractivity contribution in [3.63, 3.8) is 0 Å². The molecule has 0 saturated heterocycles. The Balaban J connectivity index is 1.34. The van der Waals surface area contributed by atoms with E-state index in [0.29, 0.717) is 11.1 Å². The fraction of sp³-hybridized carbons (Fsp3) is 0.143. The van der Waals surface area contributed by atoms with Gasteiger partial charge in [0, 0.05) is 18.0 Å². The van der Waals surface area contributed by atoms with E-state index in [1.807, 2.05) is 25.1 Å². The van der Waals surface area contributed by atoms with Crippen LogP contribution in [0.2, 0.25) is 0 Å². The summed E-state index contributed by atoms with van der Waals surface area (Å²) in [5.74, 6) is 0.528. The van der Waals surface area contributed by atoms with Gasteiger partial charge in [-0.3, -0.25) is 9.78 Å². The topological polar surface area (TPSA) is 80.9 Å². The van der Waals surface area contributed by atoms with Crippen molar-refractivity contribution in [1.29, 1.82) is 0 Å². The second-order valence-corrected chi connectivity index (χ2v) is 7.22. The van der Waals surface area contributed by atoms with Crippen LogP contribution in [0.1, 0.15) is 18.5 Å². The molecule has 0 aliphatic heterocycles. The van der Waals surface area contributed by atoms with E-state index >= 15 is 0 Å². The minimum absolute atomic E-state index is 0.0886. The summed E-state index contributed by atoms with van der Waals surface area (Å²) >= 11 is 1.22. The van der Waals surface area contributed by atoms with Crippen molar-refractivity contribution in [2.24, 2.45) is 0 Å². The van der Waals surface area contributed by atoms with Gasteiger partial charge in [0.05, 0.1) is 11.8 Å². The highest BCUT2D eigenvalue weighted by atomic mass is 32.2. The molecule has 0 radical (unpaired) electrons. The number of hydrogen-bond acceptors (Lipinski definition) is 6. The second kappa shape index (κ2) is 8.22. The number of amides is 1. The molecule has 2 aromatic heterocycles. The highest BCUT2D eigenvalue weighted by Crippen LogP contribution is 2.23. The van der Waals surface area contributed by atoms with Crippen LogP contribution in [-0.2, 0) is 4.79 Å². The number of pyridine rings is 1. The first-order chi connectivity index (χ1) is 13.7. The number of hydrogen-bond donors (Lipinski definition) is 1. The lowest BCUT2D eigenvalue weighted by molar-refractivity contribution is -0.119. The molecule has 4 aromatic rings. The van der Waals surface area contributed by atoms with Crippen LogP contribution in [0, 0.1) is 0 Å². The van der Waals surface area contributed by atoms with Crippen molar-refractivity contribution in [3.8, 4) is 11.5 Å². The smallest absolute Gasteiger partial charge is 0.277 e. The zero-order valence-electron chi connectivity index (χ0n) is 15.2. The first kappa shape index (κ1) is 18.2. The third-order valence-electron chi connectivity index (χ3n) is 4.31. The van der Waals surface area contributed by atoms with E-state index in [-0.39, 0.29) is 17.7 Å². The van der Waals surface area contributed by atoms with E-state index < -0.39 is 0 Å². The number of nitrogens with zero attached hydrogens (tertiary/aromatic N) is 3. The van der Waals surface area contributed by atoms with Crippen molar-refractivity contribution >= 4 is 28.4 Å². The number of carbonyl (C=O) groups is 1. The van der Waals surface area contributed by atoms with Gasteiger partial charge in [0.1, 0.15) is 0 Å². The van der Waals surface area contributed by atoms with Crippen LogP contribution in [0.4, 0.5) is 0 Å². The average molecular weight is 390 g/mol. The minimum atomic E-state index is -0.0900. The molecule has 1 N–H and O–H groups in total. The highest BCUT2D eigenvalue weighted by Gasteiger charge is 2.14. The Bertz CT molecular complexity index is 1100. The van der Waals surface area contributed by atoms with Crippen LogP contribution in [0.3, 0.4) is 0 Å². The summed E-state index contributed by atoms with van der Waals surface area (Å²) < 4.78 is 5.59. The van der Waals surface area contributed by atoms with Gasteiger partial charge in [-0.25, -0.2) is 0 Å². The Kier molecular flexibility index (Phi) is 5.34. The van der Waals surface area contributed by atoms with Crippen LogP contribution < -0.4 is 5.32 Å². The molecule has 1 unspecified atom stereocenters. The van der Waals surface area contributed by atoms with Gasteiger partial charge in [-0.2, -0.15) is 0 Å². The van der Waals surface area contributed by atoms with Gasteiger partial charge in [-0.15, -0.1) is 10.2 Å². The van der Waals surface area contributed by atoms with Crippen LogP contribution in [0.25, 0.3) is 22.2 Å². The number of thioether (sulfide) groups is 1. The molecule has 7 heteroatoms. The molecule has 1 amide bonds. The number of benzene rings is 2. The van der Waals surface area contributed by atoms with Crippen LogP contribution in [0.5, 0.6) is 0 Å². The number of aromatic nitrogens is 3. The van der Waals surface area contributed by atoms with Gasteiger partial charge < -0.3 is 9.73 Å². The molecule has 0 aliphatic rings. The van der Waals surface area contributed by atoms with Crippen LogP contribution in [0.15, 0.2) is 76.6 Å². The summed E-state index contributed by atoms with van der Waals surface area (Å²) in [4.78, 5) is 16.3. The Morgan fingerprint density at radius 1 is 1.07 bits per heavy atom. The molecule has 0 bridgehead atoms. The second-order valence-electron chi connectivity index (χ2n) is 6.29. The molecule has 2 aromatic carbocycles. The summed E-state index contributed by atoms with van der Waals surface area (Å²) in [6.45, 7) is 1.97. The third-order valence-corrected chi connectivity index (χ3v) is 5.13. The van der Waals surface area contributed by atoms with E-state index in [0.717, 1.165) is 16.5 Å². The molecule has 140 valence electrons. The van der Waals surface area contributed by atoms with Crippen molar-refractivity contribution in [3.05, 3.63) is 72.6 Å². The fourth-order valence-electron chi connectivity index (χ4n) is 2.85. The molecule has 4 rings (SSSR count). The molecule has 0 fully saturated rings. The Labute approximate surface area is 166 Å². The average Bonchev–Trinajstić information content (AvgIpc) is 3.22. The summed E-state index contributed by atoms with van der Waals surface area (Å²) in [5.41, 5.74) is 1.86. The maximum Gasteiger partial charge on any atom is 0.277 e. The normalized spacial score (nSPS) is 12.0. The Morgan fingerprint density at radius 2 is 1.86 bits per heavy atom. The standard InChI is InChI=1S/C21H18N4O2S/c1-14(17-7-6-15-4-2-3-5-18(15)12-17)23-19(26)13-28-21-25-24-20(27-21)16-8-10-22-11-9-16/h2-12,14H,13H2,1H3,(H,23,26). The lowest BCUT2D eigenvalue weighted by Gasteiger charge is -2.14. The van der Waals surface area contributed by atoms with Crippen LogP contribution >= 0.6 is 11.8 Å². The SMILES string of the molecule is CC(NC(=O)CSc1nnc(-c2ccncc2)o1)c1ccc2ccccc2c1. The number of carbonyl (C=O) groups excluding carboxylic acids is 1.